The van der Waals surface area contributed by atoms with Crippen molar-refractivity contribution in [3.05, 3.63) is 46.8 Å². The molecule has 0 spiro atoms. The van der Waals surface area contributed by atoms with Crippen LogP contribution in [0.3, 0.4) is 0 Å². The molecule has 1 fully saturated rings. The molecule has 2 N–H and O–H groups in total. The number of rotatable bonds is 5. The zero-order valence-electron chi connectivity index (χ0n) is 15.3. The summed E-state index contributed by atoms with van der Waals surface area (Å²) in [7, 11) is 1.60. The molecule has 0 saturated carbocycles. The SMILES string of the molecule is COc1ccc2[nH]cc(C(C(=O)O)N3CCN(c4ncc(Br)cn4)CC3)c2c1. The van der Waals surface area contributed by atoms with Crippen molar-refractivity contribution in [2.75, 3.05) is 38.2 Å². The summed E-state index contributed by atoms with van der Waals surface area (Å²) in [5.74, 6) is 0.498. The van der Waals surface area contributed by atoms with Crippen LogP contribution >= 0.6 is 15.9 Å². The lowest BCUT2D eigenvalue weighted by Crippen LogP contribution is -2.49. The summed E-state index contributed by atoms with van der Waals surface area (Å²) in [6.07, 6.45) is 5.22. The lowest BCUT2D eigenvalue weighted by atomic mass is 10.0. The largest absolute Gasteiger partial charge is 0.497 e. The summed E-state index contributed by atoms with van der Waals surface area (Å²) in [6.45, 7) is 2.54. The molecule has 1 aromatic carbocycles. The Labute approximate surface area is 170 Å². The number of nitrogens with one attached hydrogen (secondary N) is 1. The van der Waals surface area contributed by atoms with Gasteiger partial charge < -0.3 is 19.7 Å². The number of fused-ring (bicyclic) bond motifs is 1. The summed E-state index contributed by atoms with van der Waals surface area (Å²) in [6, 6.07) is 4.91. The van der Waals surface area contributed by atoms with E-state index in [0.717, 1.165) is 20.9 Å². The predicted octanol–water partition coefficient (Wildman–Crippen LogP) is 2.68. The van der Waals surface area contributed by atoms with E-state index in [9.17, 15) is 9.90 Å². The number of ether oxygens (including phenoxy) is 1. The third-order valence-corrected chi connectivity index (χ3v) is 5.43. The second-order valence-corrected chi connectivity index (χ2v) is 7.54. The van der Waals surface area contributed by atoms with Gasteiger partial charge in [0.1, 0.15) is 11.8 Å². The molecule has 1 saturated heterocycles. The van der Waals surface area contributed by atoms with Gasteiger partial charge in [-0.3, -0.25) is 9.69 Å². The normalized spacial score (nSPS) is 16.3. The Morgan fingerprint density at radius 3 is 2.61 bits per heavy atom. The Morgan fingerprint density at radius 1 is 1.25 bits per heavy atom. The Balaban J connectivity index is 1.56. The van der Waals surface area contributed by atoms with Crippen LogP contribution in [0.2, 0.25) is 0 Å². The number of carboxylic acids is 1. The standard InChI is InChI=1S/C19H20BrN5O3/c1-28-13-2-3-16-14(8-13)15(11-21-16)17(18(26)27)24-4-6-25(7-5-24)19-22-9-12(20)10-23-19/h2-3,8-11,17,21H,4-7H2,1H3,(H,26,27). The molecule has 8 nitrogen and oxygen atoms in total. The zero-order chi connectivity index (χ0) is 19.7. The van der Waals surface area contributed by atoms with Crippen molar-refractivity contribution in [2.45, 2.75) is 6.04 Å². The van der Waals surface area contributed by atoms with E-state index in [1.165, 1.54) is 0 Å². The lowest BCUT2D eigenvalue weighted by Gasteiger charge is -2.37. The third kappa shape index (κ3) is 3.55. The first-order valence-electron chi connectivity index (χ1n) is 8.91. The number of nitrogens with zero attached hydrogens (tertiary/aromatic N) is 4. The summed E-state index contributed by atoms with van der Waals surface area (Å²) in [5.41, 5.74) is 1.64. The van der Waals surface area contributed by atoms with E-state index in [4.69, 9.17) is 4.74 Å². The van der Waals surface area contributed by atoms with Crippen molar-refractivity contribution >= 4 is 38.8 Å². The van der Waals surface area contributed by atoms with Crippen molar-refractivity contribution in [3.63, 3.8) is 0 Å². The van der Waals surface area contributed by atoms with Crippen molar-refractivity contribution in [1.29, 1.82) is 0 Å². The molecule has 0 bridgehead atoms. The number of aromatic amines is 1. The van der Waals surface area contributed by atoms with Gasteiger partial charge in [0.2, 0.25) is 5.95 Å². The highest BCUT2D eigenvalue weighted by atomic mass is 79.9. The van der Waals surface area contributed by atoms with Gasteiger partial charge in [0, 0.05) is 61.2 Å². The number of carbonyl (C=O) groups is 1. The van der Waals surface area contributed by atoms with Crippen LogP contribution in [0.5, 0.6) is 5.75 Å². The fourth-order valence-electron chi connectivity index (χ4n) is 3.61. The van der Waals surface area contributed by atoms with E-state index in [-0.39, 0.29) is 0 Å². The lowest BCUT2D eigenvalue weighted by molar-refractivity contribution is -0.143. The summed E-state index contributed by atoms with van der Waals surface area (Å²) < 4.78 is 6.13. The van der Waals surface area contributed by atoms with Crippen molar-refractivity contribution in [3.8, 4) is 5.75 Å². The molecule has 1 atom stereocenters. The van der Waals surface area contributed by atoms with Gasteiger partial charge in [-0.05, 0) is 34.1 Å². The summed E-state index contributed by atoms with van der Waals surface area (Å²) in [5, 5.41) is 10.8. The molecule has 0 amide bonds. The van der Waals surface area contributed by atoms with Crippen LogP contribution in [0, 0.1) is 0 Å². The number of hydrogen-bond acceptors (Lipinski definition) is 6. The van der Waals surface area contributed by atoms with Gasteiger partial charge in [-0.2, -0.15) is 0 Å². The van der Waals surface area contributed by atoms with E-state index in [0.29, 0.717) is 37.9 Å². The summed E-state index contributed by atoms with van der Waals surface area (Å²) >= 11 is 3.34. The molecule has 2 aromatic heterocycles. The average Bonchev–Trinajstić information content (AvgIpc) is 3.12. The average molecular weight is 446 g/mol. The highest BCUT2D eigenvalue weighted by Gasteiger charge is 2.32. The number of H-pyrrole nitrogens is 1. The van der Waals surface area contributed by atoms with E-state index in [2.05, 4.69) is 35.8 Å². The van der Waals surface area contributed by atoms with Gasteiger partial charge in [0.05, 0.1) is 11.6 Å². The maximum absolute atomic E-state index is 12.2. The number of piperazine rings is 1. The van der Waals surface area contributed by atoms with Crippen LogP contribution in [-0.4, -0.2) is 64.2 Å². The number of aliphatic carboxylic acids is 1. The molecule has 0 aliphatic carbocycles. The first-order valence-corrected chi connectivity index (χ1v) is 9.70. The number of hydrogen-bond donors (Lipinski definition) is 2. The first kappa shape index (κ1) is 18.7. The molecule has 1 unspecified atom stereocenters. The fourth-order valence-corrected chi connectivity index (χ4v) is 3.81. The number of anilines is 1. The topological polar surface area (TPSA) is 94.6 Å². The minimum Gasteiger partial charge on any atom is -0.497 e. The molecule has 1 aliphatic heterocycles. The minimum absolute atomic E-state index is 0.604. The van der Waals surface area contributed by atoms with E-state index in [1.54, 1.807) is 25.7 Å². The number of aromatic nitrogens is 3. The molecule has 1 aliphatic rings. The number of halogens is 1. The van der Waals surface area contributed by atoms with Crippen LogP contribution in [0.1, 0.15) is 11.6 Å². The van der Waals surface area contributed by atoms with Gasteiger partial charge in [0.15, 0.2) is 0 Å². The van der Waals surface area contributed by atoms with E-state index >= 15 is 0 Å². The van der Waals surface area contributed by atoms with E-state index < -0.39 is 12.0 Å². The van der Waals surface area contributed by atoms with Gasteiger partial charge in [-0.25, -0.2) is 9.97 Å². The Bertz CT molecular complexity index is 983. The van der Waals surface area contributed by atoms with Crippen molar-refractivity contribution in [1.82, 2.24) is 19.9 Å². The van der Waals surface area contributed by atoms with Gasteiger partial charge in [-0.15, -0.1) is 0 Å². The first-order chi connectivity index (χ1) is 13.6. The highest BCUT2D eigenvalue weighted by molar-refractivity contribution is 9.10. The van der Waals surface area contributed by atoms with E-state index in [1.807, 2.05) is 23.1 Å². The van der Waals surface area contributed by atoms with Crippen LogP contribution in [0.15, 0.2) is 41.3 Å². The zero-order valence-corrected chi connectivity index (χ0v) is 16.9. The van der Waals surface area contributed by atoms with Crippen molar-refractivity contribution in [2.24, 2.45) is 0 Å². The quantitative estimate of drug-likeness (QED) is 0.623. The smallest absolute Gasteiger partial charge is 0.325 e. The monoisotopic (exact) mass is 445 g/mol. The maximum Gasteiger partial charge on any atom is 0.325 e. The molecular formula is C19H20BrN5O3. The van der Waals surface area contributed by atoms with Crippen LogP contribution < -0.4 is 9.64 Å². The molecule has 3 aromatic rings. The molecule has 28 heavy (non-hydrogen) atoms. The Morgan fingerprint density at radius 2 is 1.96 bits per heavy atom. The number of benzene rings is 1. The molecular weight excluding hydrogens is 426 g/mol. The molecule has 146 valence electrons. The second kappa shape index (κ2) is 7.76. The Hall–Kier alpha value is -2.65. The minimum atomic E-state index is -0.864. The van der Waals surface area contributed by atoms with Crippen LogP contribution in [-0.2, 0) is 4.79 Å². The molecule has 3 heterocycles. The second-order valence-electron chi connectivity index (χ2n) is 6.62. The van der Waals surface area contributed by atoms with Crippen molar-refractivity contribution < 1.29 is 14.6 Å². The third-order valence-electron chi connectivity index (χ3n) is 5.02. The maximum atomic E-state index is 12.2. The Kier molecular flexibility index (Phi) is 5.19. The number of carboxylic acid groups (broad SMARTS) is 1. The summed E-state index contributed by atoms with van der Waals surface area (Å²) in [4.78, 5) is 28.0. The van der Waals surface area contributed by atoms with Crippen LogP contribution in [0.4, 0.5) is 5.95 Å². The van der Waals surface area contributed by atoms with Crippen LogP contribution in [0.25, 0.3) is 10.9 Å². The fraction of sp³-hybridized carbons (Fsp3) is 0.316. The van der Waals surface area contributed by atoms with Gasteiger partial charge in [0.25, 0.3) is 0 Å². The molecule has 0 radical (unpaired) electrons. The number of methoxy groups -OCH3 is 1. The van der Waals surface area contributed by atoms with Gasteiger partial charge >= 0.3 is 5.97 Å². The predicted molar refractivity (Wildman–Crippen MR) is 109 cm³/mol. The molecule has 9 heteroatoms. The van der Waals surface area contributed by atoms with Gasteiger partial charge in [-0.1, -0.05) is 0 Å². The highest BCUT2D eigenvalue weighted by Crippen LogP contribution is 2.32. The molecule has 4 rings (SSSR count).